The van der Waals surface area contributed by atoms with Crippen LogP contribution in [0.25, 0.3) is 0 Å². The van der Waals surface area contributed by atoms with Crippen molar-refractivity contribution < 1.29 is 13.2 Å². The van der Waals surface area contributed by atoms with Crippen LogP contribution in [0.5, 0.6) is 0 Å². The molecule has 0 radical (unpaired) electrons. The quantitative estimate of drug-likeness (QED) is 0.873. The number of rotatable bonds is 5. The first-order chi connectivity index (χ1) is 11.2. The van der Waals surface area contributed by atoms with Gasteiger partial charge < -0.3 is 5.32 Å². The van der Waals surface area contributed by atoms with E-state index in [9.17, 15) is 13.2 Å². The van der Waals surface area contributed by atoms with Crippen molar-refractivity contribution in [2.75, 3.05) is 6.26 Å². The minimum Gasteiger partial charge on any atom is -0.345 e. The van der Waals surface area contributed by atoms with Gasteiger partial charge in [0, 0.05) is 16.8 Å². The highest BCUT2D eigenvalue weighted by molar-refractivity contribution is 7.90. The van der Waals surface area contributed by atoms with E-state index >= 15 is 0 Å². The van der Waals surface area contributed by atoms with Gasteiger partial charge in [-0.25, -0.2) is 8.42 Å². The molecule has 2 aromatic carbocycles. The molecule has 0 unspecified atom stereocenters. The summed E-state index contributed by atoms with van der Waals surface area (Å²) >= 11 is 5.90. The van der Waals surface area contributed by atoms with Gasteiger partial charge in [0.25, 0.3) is 5.91 Å². The first-order valence-electron chi connectivity index (χ1n) is 7.59. The fourth-order valence-corrected chi connectivity index (χ4v) is 3.20. The molecule has 0 fully saturated rings. The lowest BCUT2D eigenvalue weighted by molar-refractivity contribution is 0.0934. The molecule has 1 N–H and O–H groups in total. The van der Waals surface area contributed by atoms with Gasteiger partial charge in [0.15, 0.2) is 9.84 Å². The number of nitrogens with one attached hydrogen (secondary N) is 1. The molecule has 6 heteroatoms. The molecule has 1 atom stereocenters. The summed E-state index contributed by atoms with van der Waals surface area (Å²) in [5.74, 6) is -0.292. The Bertz CT molecular complexity index is 845. The van der Waals surface area contributed by atoms with Gasteiger partial charge in [-0.05, 0) is 48.7 Å². The summed E-state index contributed by atoms with van der Waals surface area (Å²) in [6.45, 7) is 3.75. The van der Waals surface area contributed by atoms with Crippen LogP contribution in [0.2, 0.25) is 5.02 Å². The number of carbonyl (C=O) groups is 1. The third-order valence-electron chi connectivity index (χ3n) is 3.87. The van der Waals surface area contributed by atoms with E-state index in [0.29, 0.717) is 17.0 Å². The first-order valence-corrected chi connectivity index (χ1v) is 9.86. The second kappa shape index (κ2) is 7.36. The van der Waals surface area contributed by atoms with Crippen molar-refractivity contribution in [1.82, 2.24) is 5.32 Å². The largest absolute Gasteiger partial charge is 0.345 e. The van der Waals surface area contributed by atoms with Crippen molar-refractivity contribution in [3.05, 3.63) is 64.2 Å². The molecule has 0 bridgehead atoms. The Morgan fingerprint density at radius 2 is 1.79 bits per heavy atom. The van der Waals surface area contributed by atoms with E-state index in [1.807, 2.05) is 19.1 Å². The molecule has 0 aliphatic heterocycles. The number of carbonyl (C=O) groups excluding carboxylic acids is 1. The van der Waals surface area contributed by atoms with Crippen LogP contribution in [-0.4, -0.2) is 20.6 Å². The van der Waals surface area contributed by atoms with Gasteiger partial charge in [-0.15, -0.1) is 0 Å². The van der Waals surface area contributed by atoms with Crippen molar-refractivity contribution >= 4 is 27.3 Å². The lowest BCUT2D eigenvalue weighted by Crippen LogP contribution is -2.28. The topological polar surface area (TPSA) is 63.2 Å². The first kappa shape index (κ1) is 18.5. The lowest BCUT2D eigenvalue weighted by Gasteiger charge is -2.18. The van der Waals surface area contributed by atoms with E-state index in [4.69, 9.17) is 11.6 Å². The highest BCUT2D eigenvalue weighted by Crippen LogP contribution is 2.21. The Hall–Kier alpha value is -1.85. The Labute approximate surface area is 147 Å². The molecule has 0 aliphatic carbocycles. The zero-order valence-corrected chi connectivity index (χ0v) is 15.4. The summed E-state index contributed by atoms with van der Waals surface area (Å²) < 4.78 is 23.4. The van der Waals surface area contributed by atoms with Crippen LogP contribution in [0.4, 0.5) is 0 Å². The molecule has 2 aromatic rings. The van der Waals surface area contributed by atoms with Crippen LogP contribution < -0.4 is 5.32 Å². The van der Waals surface area contributed by atoms with Gasteiger partial charge in [0.1, 0.15) is 0 Å². The van der Waals surface area contributed by atoms with E-state index in [1.165, 1.54) is 12.1 Å². The maximum Gasteiger partial charge on any atom is 0.252 e. The number of benzene rings is 2. The smallest absolute Gasteiger partial charge is 0.252 e. The van der Waals surface area contributed by atoms with E-state index in [0.717, 1.165) is 17.4 Å². The molecule has 2 rings (SSSR count). The molecule has 0 saturated carbocycles. The van der Waals surface area contributed by atoms with Crippen LogP contribution in [0.1, 0.15) is 40.9 Å². The number of aryl methyl sites for hydroxylation is 1. The average molecular weight is 366 g/mol. The molecule has 24 heavy (non-hydrogen) atoms. The van der Waals surface area contributed by atoms with Gasteiger partial charge in [-0.3, -0.25) is 4.79 Å². The molecule has 0 aliphatic rings. The molecule has 128 valence electrons. The molecule has 0 aromatic heterocycles. The summed E-state index contributed by atoms with van der Waals surface area (Å²) in [5, 5.41) is 3.60. The van der Waals surface area contributed by atoms with E-state index < -0.39 is 9.84 Å². The van der Waals surface area contributed by atoms with E-state index in [2.05, 4.69) is 5.32 Å². The minimum absolute atomic E-state index is 0.137. The van der Waals surface area contributed by atoms with Gasteiger partial charge in [0.2, 0.25) is 0 Å². The van der Waals surface area contributed by atoms with Crippen molar-refractivity contribution in [1.29, 1.82) is 0 Å². The second-order valence-corrected chi connectivity index (χ2v) is 8.19. The predicted molar refractivity (Wildman–Crippen MR) is 96.2 cm³/mol. The Balaban J connectivity index is 2.29. The fourth-order valence-electron chi connectivity index (χ4n) is 2.43. The maximum absolute atomic E-state index is 12.6. The molecular formula is C18H20ClNO3S. The van der Waals surface area contributed by atoms with Crippen molar-refractivity contribution in [2.24, 2.45) is 0 Å². The Morgan fingerprint density at radius 3 is 2.33 bits per heavy atom. The van der Waals surface area contributed by atoms with Gasteiger partial charge in [-0.1, -0.05) is 36.7 Å². The van der Waals surface area contributed by atoms with Crippen molar-refractivity contribution in [3.8, 4) is 0 Å². The number of sulfone groups is 1. The SMILES string of the molecule is CC[C@@H](NC(=O)c1cc(S(C)(=O)=O)ccc1C)c1ccc(Cl)cc1. The normalized spacial score (nSPS) is 12.7. The van der Waals surface area contributed by atoms with E-state index in [-0.39, 0.29) is 16.8 Å². The zero-order valence-electron chi connectivity index (χ0n) is 13.8. The Kier molecular flexibility index (Phi) is 5.67. The standard InChI is InChI=1S/C18H20ClNO3S/c1-4-17(13-6-8-14(19)9-7-13)20-18(21)16-11-15(24(3,22)23)10-5-12(16)2/h5-11,17H,4H2,1-3H3,(H,20,21)/t17-/m1/s1. The summed E-state index contributed by atoms with van der Waals surface area (Å²) in [5.41, 5.74) is 2.04. The molecule has 0 heterocycles. The number of hydrogen-bond donors (Lipinski definition) is 1. The molecule has 1 amide bonds. The van der Waals surface area contributed by atoms with Crippen LogP contribution in [0.15, 0.2) is 47.4 Å². The molecule has 0 spiro atoms. The minimum atomic E-state index is -3.36. The predicted octanol–water partition coefficient (Wildman–Crippen LogP) is 3.93. The second-order valence-electron chi connectivity index (χ2n) is 5.73. The van der Waals surface area contributed by atoms with Crippen LogP contribution in [0.3, 0.4) is 0 Å². The van der Waals surface area contributed by atoms with Crippen molar-refractivity contribution in [3.63, 3.8) is 0 Å². The van der Waals surface area contributed by atoms with Crippen LogP contribution >= 0.6 is 11.6 Å². The summed E-state index contributed by atoms with van der Waals surface area (Å²) in [7, 11) is -3.36. The van der Waals surface area contributed by atoms with Crippen molar-refractivity contribution in [2.45, 2.75) is 31.2 Å². The third kappa shape index (κ3) is 4.36. The van der Waals surface area contributed by atoms with E-state index in [1.54, 1.807) is 25.1 Å². The molecule has 4 nitrogen and oxygen atoms in total. The highest BCUT2D eigenvalue weighted by atomic mass is 35.5. The summed E-state index contributed by atoms with van der Waals surface area (Å²) in [6.07, 6.45) is 1.83. The van der Waals surface area contributed by atoms with Gasteiger partial charge >= 0.3 is 0 Å². The van der Waals surface area contributed by atoms with Gasteiger partial charge in [0.05, 0.1) is 10.9 Å². The maximum atomic E-state index is 12.6. The number of halogens is 1. The van der Waals surface area contributed by atoms with Gasteiger partial charge in [-0.2, -0.15) is 0 Å². The zero-order chi connectivity index (χ0) is 17.9. The summed E-state index contributed by atoms with van der Waals surface area (Å²) in [4.78, 5) is 12.8. The van der Waals surface area contributed by atoms with Crippen LogP contribution in [0, 0.1) is 6.92 Å². The highest BCUT2D eigenvalue weighted by Gasteiger charge is 2.18. The monoisotopic (exact) mass is 365 g/mol. The Morgan fingerprint density at radius 1 is 1.17 bits per heavy atom. The number of amides is 1. The fraction of sp³-hybridized carbons (Fsp3) is 0.278. The number of hydrogen-bond acceptors (Lipinski definition) is 3. The van der Waals surface area contributed by atoms with Crippen LogP contribution in [-0.2, 0) is 9.84 Å². The molecule has 0 saturated heterocycles. The summed E-state index contributed by atoms with van der Waals surface area (Å²) in [6, 6.07) is 11.7. The molecular weight excluding hydrogens is 346 g/mol. The third-order valence-corrected chi connectivity index (χ3v) is 5.23. The lowest BCUT2D eigenvalue weighted by atomic mass is 10.0. The average Bonchev–Trinajstić information content (AvgIpc) is 2.52.